The molecule has 6 nitrogen and oxygen atoms in total. The Morgan fingerprint density at radius 1 is 1.43 bits per heavy atom. The molecule has 1 fully saturated rings. The first-order chi connectivity index (χ1) is 11.1. The van der Waals surface area contributed by atoms with Crippen LogP contribution in [0.5, 0.6) is 5.75 Å². The zero-order chi connectivity index (χ0) is 16.7. The van der Waals surface area contributed by atoms with Crippen molar-refractivity contribution in [3.05, 3.63) is 23.8 Å². The highest BCUT2D eigenvalue weighted by atomic mass is 32.2. The Morgan fingerprint density at radius 3 is 2.91 bits per heavy atom. The van der Waals surface area contributed by atoms with Crippen LogP contribution in [0.3, 0.4) is 0 Å². The summed E-state index contributed by atoms with van der Waals surface area (Å²) in [5.41, 5.74) is 0.303. The lowest BCUT2D eigenvalue weighted by molar-refractivity contribution is -0.124. The maximum absolute atomic E-state index is 12.1. The van der Waals surface area contributed by atoms with Gasteiger partial charge < -0.3 is 19.5 Å². The maximum Gasteiger partial charge on any atom is 0.342 e. The highest BCUT2D eigenvalue weighted by Gasteiger charge is 2.18. The quantitative estimate of drug-likeness (QED) is 0.604. The third-order valence-electron chi connectivity index (χ3n) is 3.51. The molecule has 0 spiro atoms. The number of carbonyl (C=O) groups is 2. The van der Waals surface area contributed by atoms with Gasteiger partial charge in [0.15, 0.2) is 6.61 Å². The van der Waals surface area contributed by atoms with E-state index in [2.05, 4.69) is 5.32 Å². The van der Waals surface area contributed by atoms with Crippen molar-refractivity contribution in [2.45, 2.75) is 23.8 Å². The Hall–Kier alpha value is -1.73. The third-order valence-corrected chi connectivity index (χ3v) is 4.24. The average molecular weight is 339 g/mol. The highest BCUT2D eigenvalue weighted by molar-refractivity contribution is 7.98. The molecule has 1 unspecified atom stereocenters. The molecule has 1 aliphatic heterocycles. The molecule has 0 bridgehead atoms. The number of hydrogen-bond donors (Lipinski definition) is 1. The summed E-state index contributed by atoms with van der Waals surface area (Å²) in [6, 6.07) is 5.21. The van der Waals surface area contributed by atoms with Crippen molar-refractivity contribution in [3.63, 3.8) is 0 Å². The van der Waals surface area contributed by atoms with Crippen molar-refractivity contribution < 1.29 is 23.8 Å². The van der Waals surface area contributed by atoms with Gasteiger partial charge in [-0.05, 0) is 37.3 Å². The largest absolute Gasteiger partial charge is 0.496 e. The Balaban J connectivity index is 1.82. The topological polar surface area (TPSA) is 73.9 Å². The molecule has 126 valence electrons. The number of hydrogen-bond acceptors (Lipinski definition) is 6. The molecule has 1 saturated heterocycles. The molecule has 1 N–H and O–H groups in total. The van der Waals surface area contributed by atoms with E-state index in [1.165, 1.54) is 7.11 Å². The van der Waals surface area contributed by atoms with Gasteiger partial charge in [0, 0.05) is 18.0 Å². The number of ether oxygens (including phenoxy) is 3. The second-order valence-electron chi connectivity index (χ2n) is 5.08. The number of nitrogens with one attached hydrogen (secondary N) is 1. The molecule has 1 aliphatic rings. The molecule has 1 aromatic carbocycles. The molecule has 0 radical (unpaired) electrons. The Bertz CT molecular complexity index is 557. The van der Waals surface area contributed by atoms with Gasteiger partial charge in [-0.25, -0.2) is 4.79 Å². The lowest BCUT2D eigenvalue weighted by atomic mass is 10.2. The van der Waals surface area contributed by atoms with Crippen LogP contribution in [-0.4, -0.2) is 51.1 Å². The summed E-state index contributed by atoms with van der Waals surface area (Å²) in [5.74, 6) is -0.489. The van der Waals surface area contributed by atoms with E-state index in [4.69, 9.17) is 14.2 Å². The van der Waals surface area contributed by atoms with Crippen LogP contribution in [-0.2, 0) is 14.3 Å². The summed E-state index contributed by atoms with van der Waals surface area (Å²) < 4.78 is 15.7. The monoisotopic (exact) mass is 339 g/mol. The van der Waals surface area contributed by atoms with E-state index in [0.29, 0.717) is 17.9 Å². The molecule has 1 amide bonds. The first kappa shape index (κ1) is 17.6. The molecule has 1 aromatic rings. The van der Waals surface area contributed by atoms with Crippen molar-refractivity contribution in [3.8, 4) is 5.75 Å². The normalized spacial score (nSPS) is 16.9. The minimum absolute atomic E-state index is 0.0637. The minimum atomic E-state index is -0.582. The van der Waals surface area contributed by atoms with Crippen LogP contribution in [0, 0.1) is 0 Å². The van der Waals surface area contributed by atoms with Crippen LogP contribution in [0.4, 0.5) is 0 Å². The van der Waals surface area contributed by atoms with Crippen molar-refractivity contribution in [2.24, 2.45) is 0 Å². The summed E-state index contributed by atoms with van der Waals surface area (Å²) in [6.07, 6.45) is 3.96. The molecule has 7 heteroatoms. The fourth-order valence-corrected chi connectivity index (χ4v) is 2.69. The van der Waals surface area contributed by atoms with E-state index >= 15 is 0 Å². The van der Waals surface area contributed by atoms with Crippen LogP contribution >= 0.6 is 11.8 Å². The van der Waals surface area contributed by atoms with Gasteiger partial charge in [-0.15, -0.1) is 11.8 Å². The van der Waals surface area contributed by atoms with Crippen LogP contribution in [0.15, 0.2) is 23.1 Å². The van der Waals surface area contributed by atoms with Gasteiger partial charge >= 0.3 is 5.97 Å². The van der Waals surface area contributed by atoms with Crippen molar-refractivity contribution in [1.29, 1.82) is 0 Å². The fourth-order valence-electron chi connectivity index (χ4n) is 2.26. The number of benzene rings is 1. The Labute approximate surface area is 139 Å². The van der Waals surface area contributed by atoms with E-state index < -0.39 is 5.97 Å². The van der Waals surface area contributed by atoms with Crippen LogP contribution in [0.25, 0.3) is 0 Å². The molecule has 2 rings (SSSR count). The van der Waals surface area contributed by atoms with Gasteiger partial charge in [0.05, 0.1) is 13.2 Å². The molecule has 0 aliphatic carbocycles. The van der Waals surface area contributed by atoms with E-state index in [0.717, 1.165) is 24.3 Å². The van der Waals surface area contributed by atoms with Gasteiger partial charge in [-0.3, -0.25) is 4.79 Å². The molecule has 1 atom stereocenters. The zero-order valence-electron chi connectivity index (χ0n) is 13.3. The zero-order valence-corrected chi connectivity index (χ0v) is 14.1. The molecule has 0 saturated carbocycles. The van der Waals surface area contributed by atoms with Gasteiger partial charge in [-0.2, -0.15) is 0 Å². The van der Waals surface area contributed by atoms with Gasteiger partial charge in [0.1, 0.15) is 11.3 Å². The first-order valence-corrected chi connectivity index (χ1v) is 8.64. The summed E-state index contributed by atoms with van der Waals surface area (Å²) in [6.45, 7) is 0.864. The SMILES string of the molecule is COc1cc(SC)ccc1C(=O)OCC(=O)NCC1CCCO1. The fraction of sp³-hybridized carbons (Fsp3) is 0.500. The smallest absolute Gasteiger partial charge is 0.342 e. The minimum Gasteiger partial charge on any atom is -0.496 e. The Kier molecular flexibility index (Phi) is 6.73. The lowest BCUT2D eigenvalue weighted by Crippen LogP contribution is -2.34. The van der Waals surface area contributed by atoms with Gasteiger partial charge in [0.2, 0.25) is 0 Å². The average Bonchev–Trinajstić information content (AvgIpc) is 3.10. The predicted octanol–water partition coefficient (Wildman–Crippen LogP) is 1.87. The number of methoxy groups -OCH3 is 1. The summed E-state index contributed by atoms with van der Waals surface area (Å²) >= 11 is 1.55. The molecule has 0 aromatic heterocycles. The van der Waals surface area contributed by atoms with Crippen LogP contribution in [0.2, 0.25) is 0 Å². The maximum atomic E-state index is 12.1. The third kappa shape index (κ3) is 5.14. The van der Waals surface area contributed by atoms with Crippen molar-refractivity contribution in [2.75, 3.05) is 33.1 Å². The number of rotatable bonds is 7. The summed E-state index contributed by atoms with van der Waals surface area (Å²) in [4.78, 5) is 24.8. The van der Waals surface area contributed by atoms with E-state index in [1.807, 2.05) is 6.26 Å². The predicted molar refractivity (Wildman–Crippen MR) is 87.0 cm³/mol. The second-order valence-corrected chi connectivity index (χ2v) is 5.96. The number of amides is 1. The number of esters is 1. The number of thioether (sulfide) groups is 1. The van der Waals surface area contributed by atoms with E-state index in [1.54, 1.807) is 30.0 Å². The Morgan fingerprint density at radius 2 is 2.26 bits per heavy atom. The van der Waals surface area contributed by atoms with E-state index in [-0.39, 0.29) is 18.6 Å². The molecule has 23 heavy (non-hydrogen) atoms. The van der Waals surface area contributed by atoms with Crippen LogP contribution in [0.1, 0.15) is 23.2 Å². The highest BCUT2D eigenvalue weighted by Crippen LogP contribution is 2.25. The van der Waals surface area contributed by atoms with Crippen molar-refractivity contribution >= 4 is 23.6 Å². The van der Waals surface area contributed by atoms with E-state index in [9.17, 15) is 9.59 Å². The summed E-state index contributed by atoms with van der Waals surface area (Å²) in [7, 11) is 1.49. The second kappa shape index (κ2) is 8.79. The standard InChI is InChI=1S/C16H21NO5S/c1-20-14-8-12(23-2)5-6-13(14)16(19)22-10-15(18)17-9-11-4-3-7-21-11/h5-6,8,11H,3-4,7,9-10H2,1-2H3,(H,17,18). The van der Waals surface area contributed by atoms with Gasteiger partial charge in [0.25, 0.3) is 5.91 Å². The molecular weight excluding hydrogens is 318 g/mol. The molecular formula is C16H21NO5S. The van der Waals surface area contributed by atoms with Gasteiger partial charge in [-0.1, -0.05) is 0 Å². The summed E-state index contributed by atoms with van der Waals surface area (Å²) in [5, 5.41) is 2.70. The number of carbonyl (C=O) groups excluding carboxylic acids is 2. The lowest BCUT2D eigenvalue weighted by Gasteiger charge is -2.12. The molecule has 1 heterocycles. The van der Waals surface area contributed by atoms with Crippen molar-refractivity contribution in [1.82, 2.24) is 5.32 Å². The first-order valence-electron chi connectivity index (χ1n) is 7.41. The van der Waals surface area contributed by atoms with Crippen LogP contribution < -0.4 is 10.1 Å².